The molecule has 1 fully saturated rings. The highest BCUT2D eigenvalue weighted by molar-refractivity contribution is 6.00. The number of carbonyl (C=O) groups is 3. The second-order valence-corrected chi connectivity index (χ2v) is 4.84. The summed E-state index contributed by atoms with van der Waals surface area (Å²) < 4.78 is 0. The van der Waals surface area contributed by atoms with Gasteiger partial charge in [0.1, 0.15) is 6.17 Å². The lowest BCUT2D eigenvalue weighted by Crippen LogP contribution is -2.32. The third kappa shape index (κ3) is 2.70. The first kappa shape index (κ1) is 14.9. The Labute approximate surface area is 120 Å². The number of rotatable bonds is 3. The molecule has 0 aromatic carbocycles. The summed E-state index contributed by atoms with van der Waals surface area (Å²) in [4.78, 5) is 41.0. The average Bonchev–Trinajstić information content (AvgIpc) is 2.79. The van der Waals surface area contributed by atoms with E-state index < -0.39 is 23.8 Å². The van der Waals surface area contributed by atoms with Crippen LogP contribution in [-0.4, -0.2) is 63.0 Å². The second-order valence-electron chi connectivity index (χ2n) is 4.84. The van der Waals surface area contributed by atoms with E-state index in [-0.39, 0.29) is 11.5 Å². The lowest BCUT2D eigenvalue weighted by Gasteiger charge is -2.27. The molecule has 1 aromatic rings. The fraction of sp³-hybridized carbons (Fsp3) is 0.385. The van der Waals surface area contributed by atoms with E-state index in [9.17, 15) is 14.4 Å². The molecule has 1 saturated heterocycles. The van der Waals surface area contributed by atoms with Gasteiger partial charge in [0.15, 0.2) is 5.69 Å². The molecule has 21 heavy (non-hydrogen) atoms. The third-order valence-corrected chi connectivity index (χ3v) is 3.45. The number of hydrogen-bond acceptors (Lipinski definition) is 5. The predicted molar refractivity (Wildman–Crippen MR) is 70.9 cm³/mol. The Bertz CT molecular complexity index is 616. The summed E-state index contributed by atoms with van der Waals surface area (Å²) in [6, 6.07) is 1.27. The largest absolute Gasteiger partial charge is 0.478 e. The first-order valence-electron chi connectivity index (χ1n) is 6.27. The van der Waals surface area contributed by atoms with Crippen LogP contribution in [-0.2, 0) is 4.79 Å². The number of carbonyl (C=O) groups excluding carboxylic acids is 1. The lowest BCUT2D eigenvalue weighted by atomic mass is 10.1. The summed E-state index contributed by atoms with van der Waals surface area (Å²) in [7, 11) is 1.80. The molecule has 1 amide bonds. The minimum atomic E-state index is -1.40. The van der Waals surface area contributed by atoms with Crippen molar-refractivity contribution in [3.63, 3.8) is 0 Å². The maximum atomic E-state index is 11.6. The Morgan fingerprint density at radius 3 is 2.43 bits per heavy atom. The highest BCUT2D eigenvalue weighted by atomic mass is 16.4. The summed E-state index contributed by atoms with van der Waals surface area (Å²) in [5.41, 5.74) is -0.419. The average molecular weight is 293 g/mol. The van der Waals surface area contributed by atoms with Crippen molar-refractivity contribution < 1.29 is 24.6 Å². The van der Waals surface area contributed by atoms with Gasteiger partial charge in [0.05, 0.1) is 5.56 Å². The van der Waals surface area contributed by atoms with E-state index in [1.165, 1.54) is 19.2 Å². The molecule has 0 spiro atoms. The highest BCUT2D eigenvalue weighted by Crippen LogP contribution is 2.29. The van der Waals surface area contributed by atoms with Crippen LogP contribution in [0.25, 0.3) is 0 Å². The van der Waals surface area contributed by atoms with Crippen LogP contribution in [0.4, 0.5) is 0 Å². The van der Waals surface area contributed by atoms with Crippen LogP contribution in [0.3, 0.4) is 0 Å². The molecule has 0 aliphatic carbocycles. The highest BCUT2D eigenvalue weighted by Gasteiger charge is 2.33. The van der Waals surface area contributed by atoms with Crippen LogP contribution >= 0.6 is 0 Å². The molecular formula is C13H15N3O5. The Hall–Kier alpha value is -2.48. The summed E-state index contributed by atoms with van der Waals surface area (Å²) in [5, 5.41) is 18.1. The summed E-state index contributed by atoms with van der Waals surface area (Å²) in [6.07, 6.45) is 0.870. The number of amides is 1. The number of aromatic nitrogens is 1. The van der Waals surface area contributed by atoms with Gasteiger partial charge in [-0.15, -0.1) is 0 Å². The van der Waals surface area contributed by atoms with Crippen LogP contribution in [0.5, 0.6) is 0 Å². The summed E-state index contributed by atoms with van der Waals surface area (Å²) in [6.45, 7) is 2.61. The number of pyridine rings is 1. The molecule has 112 valence electrons. The molecule has 1 atom stereocenters. The van der Waals surface area contributed by atoms with E-state index in [0.29, 0.717) is 18.7 Å². The molecule has 2 rings (SSSR count). The molecule has 8 heteroatoms. The van der Waals surface area contributed by atoms with Crippen molar-refractivity contribution in [3.05, 3.63) is 29.1 Å². The van der Waals surface area contributed by atoms with Gasteiger partial charge >= 0.3 is 11.9 Å². The first-order chi connectivity index (χ1) is 9.82. The summed E-state index contributed by atoms with van der Waals surface area (Å²) >= 11 is 0. The van der Waals surface area contributed by atoms with Gasteiger partial charge in [-0.2, -0.15) is 0 Å². The zero-order chi connectivity index (χ0) is 15.7. The molecule has 1 aliphatic rings. The molecule has 8 nitrogen and oxygen atoms in total. The van der Waals surface area contributed by atoms with Crippen molar-refractivity contribution in [3.8, 4) is 0 Å². The molecule has 1 unspecified atom stereocenters. The summed E-state index contributed by atoms with van der Waals surface area (Å²) in [5.74, 6) is -2.90. The van der Waals surface area contributed by atoms with E-state index in [1.807, 2.05) is 4.90 Å². The second kappa shape index (κ2) is 5.49. The molecule has 0 saturated carbocycles. The Balaban J connectivity index is 2.49. The molecular weight excluding hydrogens is 278 g/mol. The maximum Gasteiger partial charge on any atom is 0.355 e. The van der Waals surface area contributed by atoms with Crippen molar-refractivity contribution in [2.24, 2.45) is 0 Å². The Morgan fingerprint density at radius 2 is 1.90 bits per heavy atom. The van der Waals surface area contributed by atoms with Gasteiger partial charge in [-0.3, -0.25) is 9.69 Å². The normalized spacial score (nSPS) is 18.8. The van der Waals surface area contributed by atoms with Gasteiger partial charge in [-0.05, 0) is 13.1 Å². The van der Waals surface area contributed by atoms with E-state index >= 15 is 0 Å². The van der Waals surface area contributed by atoms with Gasteiger partial charge in [0.2, 0.25) is 5.91 Å². The van der Waals surface area contributed by atoms with Crippen molar-refractivity contribution in [2.75, 3.05) is 20.1 Å². The first-order valence-corrected chi connectivity index (χ1v) is 6.27. The quantitative estimate of drug-likeness (QED) is 0.822. The molecule has 2 N–H and O–H groups in total. The van der Waals surface area contributed by atoms with E-state index in [4.69, 9.17) is 10.2 Å². The Morgan fingerprint density at radius 1 is 1.24 bits per heavy atom. The van der Waals surface area contributed by atoms with Gasteiger partial charge in [0.25, 0.3) is 0 Å². The van der Waals surface area contributed by atoms with Crippen molar-refractivity contribution in [1.82, 2.24) is 14.8 Å². The van der Waals surface area contributed by atoms with Crippen LogP contribution in [0.1, 0.15) is 39.5 Å². The number of likely N-dealkylation sites (N-methyl/N-ethyl adjacent to an activating group) is 1. The minimum absolute atomic E-state index is 0.136. The van der Waals surface area contributed by atoms with E-state index in [1.54, 1.807) is 11.9 Å². The molecule has 0 radical (unpaired) electrons. The van der Waals surface area contributed by atoms with Gasteiger partial charge in [-0.1, -0.05) is 0 Å². The topological polar surface area (TPSA) is 111 Å². The third-order valence-electron chi connectivity index (χ3n) is 3.45. The van der Waals surface area contributed by atoms with Crippen molar-refractivity contribution in [2.45, 2.75) is 13.1 Å². The van der Waals surface area contributed by atoms with Crippen LogP contribution in [0.2, 0.25) is 0 Å². The van der Waals surface area contributed by atoms with Gasteiger partial charge in [0, 0.05) is 31.8 Å². The zero-order valence-corrected chi connectivity index (χ0v) is 11.6. The fourth-order valence-electron chi connectivity index (χ4n) is 2.47. The number of nitrogens with zero attached hydrogens (tertiary/aromatic N) is 3. The fourth-order valence-corrected chi connectivity index (χ4v) is 2.47. The number of aromatic carboxylic acids is 2. The lowest BCUT2D eigenvalue weighted by molar-refractivity contribution is -0.131. The standard InChI is InChI=1S/C13H15N3O5/c1-7(17)16-4-3-15(2)11(16)8-5-9(12(18)19)10(13(20)21)14-6-8/h5-6,11H,3-4H2,1-2H3,(H,18,19)(H,20,21). The Kier molecular flexibility index (Phi) is 3.90. The number of carboxylic acids is 2. The predicted octanol–water partition coefficient (Wildman–Crippen LogP) is 0.271. The minimum Gasteiger partial charge on any atom is -0.478 e. The maximum absolute atomic E-state index is 11.6. The number of carboxylic acid groups (broad SMARTS) is 2. The molecule has 0 bridgehead atoms. The smallest absolute Gasteiger partial charge is 0.355 e. The zero-order valence-electron chi connectivity index (χ0n) is 11.6. The van der Waals surface area contributed by atoms with E-state index in [0.717, 1.165) is 0 Å². The van der Waals surface area contributed by atoms with Crippen molar-refractivity contribution >= 4 is 17.8 Å². The van der Waals surface area contributed by atoms with Crippen LogP contribution in [0.15, 0.2) is 12.3 Å². The van der Waals surface area contributed by atoms with E-state index in [2.05, 4.69) is 4.98 Å². The monoisotopic (exact) mass is 293 g/mol. The van der Waals surface area contributed by atoms with Gasteiger partial charge in [-0.25, -0.2) is 14.6 Å². The van der Waals surface area contributed by atoms with Gasteiger partial charge < -0.3 is 15.1 Å². The SMILES string of the molecule is CC(=O)N1CCN(C)C1c1cnc(C(=O)O)c(C(=O)O)c1. The van der Waals surface area contributed by atoms with Crippen molar-refractivity contribution in [1.29, 1.82) is 0 Å². The van der Waals surface area contributed by atoms with Crippen LogP contribution in [0, 0.1) is 0 Å². The molecule has 2 heterocycles. The number of hydrogen-bond donors (Lipinski definition) is 2. The van der Waals surface area contributed by atoms with Crippen LogP contribution < -0.4 is 0 Å². The molecule has 1 aliphatic heterocycles. The molecule has 1 aromatic heterocycles.